The average molecular weight is 491 g/mol. The Bertz CT molecular complexity index is 1250. The van der Waals surface area contributed by atoms with E-state index in [1.807, 2.05) is 6.07 Å². The second-order valence-corrected chi connectivity index (χ2v) is 6.78. The van der Waals surface area contributed by atoms with Crippen molar-refractivity contribution in [3.8, 4) is 17.2 Å². The van der Waals surface area contributed by atoms with E-state index in [0.717, 1.165) is 36.1 Å². The fraction of sp³-hybridized carbons (Fsp3) is 0.227. The van der Waals surface area contributed by atoms with Crippen LogP contribution in [0.2, 0.25) is 0 Å². The van der Waals surface area contributed by atoms with Crippen LogP contribution in [-0.2, 0) is 17.9 Å². The molecule has 0 radical (unpaired) electrons. The molecule has 0 amide bonds. The third kappa shape index (κ3) is 6.72. The number of hydrogen-bond acceptors (Lipinski definition) is 9. The van der Waals surface area contributed by atoms with E-state index in [9.17, 15) is 28.5 Å². The number of nitro groups is 1. The van der Waals surface area contributed by atoms with Gasteiger partial charge in [0.1, 0.15) is 19.0 Å². The van der Waals surface area contributed by atoms with Crippen LogP contribution in [0.4, 0.5) is 14.5 Å². The minimum Gasteiger partial charge on any atom is -0.493 e. The Morgan fingerprint density at radius 3 is 2.54 bits per heavy atom. The van der Waals surface area contributed by atoms with Crippen LogP contribution in [0.3, 0.4) is 0 Å². The highest BCUT2D eigenvalue weighted by molar-refractivity contribution is 5.86. The number of alkyl halides is 2. The quantitative estimate of drug-likeness (QED) is 0.225. The van der Waals surface area contributed by atoms with Crippen molar-refractivity contribution in [2.45, 2.75) is 19.8 Å². The van der Waals surface area contributed by atoms with Crippen LogP contribution in [0, 0.1) is 10.1 Å². The molecule has 184 valence electrons. The molecule has 35 heavy (non-hydrogen) atoms. The Kier molecular flexibility index (Phi) is 8.27. The van der Waals surface area contributed by atoms with Gasteiger partial charge in [0.05, 0.1) is 30.2 Å². The zero-order valence-electron chi connectivity index (χ0n) is 18.3. The van der Waals surface area contributed by atoms with Gasteiger partial charge in [0, 0.05) is 6.07 Å². The number of halogens is 2. The zero-order valence-corrected chi connectivity index (χ0v) is 18.3. The number of nitro benzene ring substituents is 1. The summed E-state index contributed by atoms with van der Waals surface area (Å²) in [5, 5.41) is 15.3. The fourth-order valence-electron chi connectivity index (χ4n) is 2.93. The molecule has 11 nitrogen and oxygen atoms in total. The van der Waals surface area contributed by atoms with Gasteiger partial charge >= 0.3 is 12.6 Å². The Morgan fingerprint density at radius 2 is 1.89 bits per heavy atom. The van der Waals surface area contributed by atoms with Crippen molar-refractivity contribution in [1.29, 1.82) is 0 Å². The lowest BCUT2D eigenvalue weighted by Crippen LogP contribution is -2.27. The standard InChI is InChI=1S/C22H19F2N3O8/c1-32-18-11-14(17(27(30)31)12-19(18)35-22(23)24)13-34-21(29)16-7-8-20(28)26(25-16)9-10-33-15-5-3-2-4-6-15/h2-8,11-12,22H,9-10,13H2,1H3. The number of esters is 1. The van der Waals surface area contributed by atoms with Crippen LogP contribution in [0.1, 0.15) is 16.1 Å². The number of ether oxygens (including phenoxy) is 4. The van der Waals surface area contributed by atoms with Crippen molar-refractivity contribution in [2.75, 3.05) is 13.7 Å². The molecule has 0 N–H and O–H groups in total. The van der Waals surface area contributed by atoms with Crippen LogP contribution in [-0.4, -0.2) is 41.0 Å². The summed E-state index contributed by atoms with van der Waals surface area (Å²) in [5.41, 5.74) is -1.46. The number of carbonyl (C=O) groups excluding carboxylic acids is 1. The van der Waals surface area contributed by atoms with Gasteiger partial charge in [0.15, 0.2) is 17.2 Å². The van der Waals surface area contributed by atoms with E-state index >= 15 is 0 Å². The zero-order chi connectivity index (χ0) is 25.4. The number of carbonyl (C=O) groups is 1. The molecule has 0 bridgehead atoms. The Morgan fingerprint density at radius 1 is 1.14 bits per heavy atom. The molecular weight excluding hydrogens is 472 g/mol. The lowest BCUT2D eigenvalue weighted by atomic mass is 10.1. The number of nitrogens with zero attached hydrogens (tertiary/aromatic N) is 3. The molecule has 0 saturated heterocycles. The molecule has 0 unspecified atom stereocenters. The SMILES string of the molecule is COc1cc(COC(=O)c2ccc(=O)n(CCOc3ccccc3)n2)c([N+](=O)[O-])cc1OC(F)F. The van der Waals surface area contributed by atoms with Gasteiger partial charge in [-0.3, -0.25) is 14.9 Å². The highest BCUT2D eigenvalue weighted by Gasteiger charge is 2.23. The lowest BCUT2D eigenvalue weighted by molar-refractivity contribution is -0.386. The molecule has 3 rings (SSSR count). The van der Waals surface area contributed by atoms with E-state index in [-0.39, 0.29) is 30.2 Å². The third-order valence-electron chi connectivity index (χ3n) is 4.53. The van der Waals surface area contributed by atoms with Crippen molar-refractivity contribution < 1.29 is 37.4 Å². The molecule has 0 aliphatic heterocycles. The monoisotopic (exact) mass is 491 g/mol. The highest BCUT2D eigenvalue weighted by atomic mass is 19.3. The largest absolute Gasteiger partial charge is 0.493 e. The fourth-order valence-corrected chi connectivity index (χ4v) is 2.93. The van der Waals surface area contributed by atoms with Gasteiger partial charge in [-0.05, 0) is 24.3 Å². The number of benzene rings is 2. The van der Waals surface area contributed by atoms with E-state index in [2.05, 4.69) is 9.84 Å². The van der Waals surface area contributed by atoms with Gasteiger partial charge in [0.25, 0.3) is 11.2 Å². The predicted molar refractivity (Wildman–Crippen MR) is 116 cm³/mol. The van der Waals surface area contributed by atoms with Gasteiger partial charge in [-0.25, -0.2) is 9.48 Å². The molecule has 0 aliphatic carbocycles. The number of hydrogen-bond donors (Lipinski definition) is 0. The van der Waals surface area contributed by atoms with E-state index < -0.39 is 41.1 Å². The summed E-state index contributed by atoms with van der Waals surface area (Å²) < 4.78 is 46.0. The lowest BCUT2D eigenvalue weighted by Gasteiger charge is -2.12. The first-order chi connectivity index (χ1) is 16.8. The molecule has 2 aromatic carbocycles. The van der Waals surface area contributed by atoms with Gasteiger partial charge in [0.2, 0.25) is 0 Å². The number of rotatable bonds is 11. The molecule has 1 aromatic heterocycles. The summed E-state index contributed by atoms with van der Waals surface area (Å²) in [7, 11) is 1.16. The molecule has 0 saturated carbocycles. The van der Waals surface area contributed by atoms with Gasteiger partial charge in [-0.2, -0.15) is 13.9 Å². The molecule has 0 spiro atoms. The first kappa shape index (κ1) is 25.1. The normalized spacial score (nSPS) is 10.6. The van der Waals surface area contributed by atoms with Gasteiger partial charge in [-0.1, -0.05) is 18.2 Å². The molecule has 1 heterocycles. The highest BCUT2D eigenvalue weighted by Crippen LogP contribution is 2.36. The first-order valence-electron chi connectivity index (χ1n) is 10.0. The van der Waals surface area contributed by atoms with E-state index in [1.54, 1.807) is 24.3 Å². The molecule has 0 fully saturated rings. The van der Waals surface area contributed by atoms with Crippen LogP contribution >= 0.6 is 0 Å². The second-order valence-electron chi connectivity index (χ2n) is 6.78. The number of methoxy groups -OCH3 is 1. The maximum atomic E-state index is 12.6. The van der Waals surface area contributed by atoms with Crippen LogP contribution < -0.4 is 19.8 Å². The Hall–Kier alpha value is -4.55. The van der Waals surface area contributed by atoms with Crippen molar-refractivity contribution in [3.63, 3.8) is 0 Å². The smallest absolute Gasteiger partial charge is 0.387 e. The molecule has 3 aromatic rings. The number of para-hydroxylation sites is 1. The Labute approximate surface area is 196 Å². The summed E-state index contributed by atoms with van der Waals surface area (Å²) in [4.78, 5) is 35.1. The van der Waals surface area contributed by atoms with Gasteiger partial charge < -0.3 is 18.9 Å². The third-order valence-corrected chi connectivity index (χ3v) is 4.53. The molecular formula is C22H19F2N3O8. The summed E-state index contributed by atoms with van der Waals surface area (Å²) in [5.74, 6) is -1.13. The predicted octanol–water partition coefficient (Wildman–Crippen LogP) is 3.20. The topological polar surface area (TPSA) is 132 Å². The Balaban J connectivity index is 1.71. The number of aromatic nitrogens is 2. The van der Waals surface area contributed by atoms with Crippen LogP contribution in [0.15, 0.2) is 59.4 Å². The minimum atomic E-state index is -3.23. The maximum absolute atomic E-state index is 12.6. The summed E-state index contributed by atoms with van der Waals surface area (Å²) >= 11 is 0. The van der Waals surface area contributed by atoms with Crippen molar-refractivity contribution >= 4 is 11.7 Å². The second kappa shape index (κ2) is 11.5. The van der Waals surface area contributed by atoms with Crippen molar-refractivity contribution in [2.24, 2.45) is 0 Å². The minimum absolute atomic E-state index is 0.0448. The first-order valence-corrected chi connectivity index (χ1v) is 10.0. The molecule has 13 heteroatoms. The van der Waals surface area contributed by atoms with E-state index in [1.165, 1.54) is 0 Å². The summed E-state index contributed by atoms with van der Waals surface area (Å²) in [6.45, 7) is -3.68. The van der Waals surface area contributed by atoms with Crippen LogP contribution in [0.5, 0.6) is 17.2 Å². The van der Waals surface area contributed by atoms with Crippen molar-refractivity contribution in [3.05, 3.63) is 86.3 Å². The molecule has 0 aliphatic rings. The summed E-state index contributed by atoms with van der Waals surface area (Å²) in [6, 6.07) is 12.9. The van der Waals surface area contributed by atoms with E-state index in [0.29, 0.717) is 5.75 Å². The average Bonchev–Trinajstić information content (AvgIpc) is 2.84. The van der Waals surface area contributed by atoms with Crippen LogP contribution in [0.25, 0.3) is 0 Å². The maximum Gasteiger partial charge on any atom is 0.387 e. The summed E-state index contributed by atoms with van der Waals surface area (Å²) in [6.07, 6.45) is 0. The van der Waals surface area contributed by atoms with Gasteiger partial charge in [-0.15, -0.1) is 0 Å². The van der Waals surface area contributed by atoms with Crippen molar-refractivity contribution in [1.82, 2.24) is 9.78 Å². The van der Waals surface area contributed by atoms with E-state index in [4.69, 9.17) is 14.2 Å². The molecule has 0 atom stereocenters.